The van der Waals surface area contributed by atoms with Crippen molar-refractivity contribution in [1.29, 1.82) is 0 Å². The monoisotopic (exact) mass is 323 g/mol. The summed E-state index contributed by atoms with van der Waals surface area (Å²) in [6, 6.07) is 11.2. The SMILES string of the molecule is CC(C)NC(=O)c1cc(C(=O)N2CCCc3ccccc32)ccn1. The summed E-state index contributed by atoms with van der Waals surface area (Å²) in [6.07, 6.45) is 3.44. The predicted molar refractivity (Wildman–Crippen MR) is 93.3 cm³/mol. The molecule has 1 aromatic carbocycles. The van der Waals surface area contributed by atoms with Gasteiger partial charge >= 0.3 is 0 Å². The highest BCUT2D eigenvalue weighted by Gasteiger charge is 2.24. The predicted octanol–water partition coefficient (Wildman–Crippen LogP) is 2.81. The summed E-state index contributed by atoms with van der Waals surface area (Å²) >= 11 is 0. The van der Waals surface area contributed by atoms with Gasteiger partial charge in [0.2, 0.25) is 0 Å². The van der Waals surface area contributed by atoms with E-state index in [4.69, 9.17) is 0 Å². The first kappa shape index (κ1) is 16.2. The molecule has 1 aliphatic heterocycles. The third-order valence-corrected chi connectivity index (χ3v) is 4.01. The van der Waals surface area contributed by atoms with Gasteiger partial charge in [0, 0.05) is 30.0 Å². The summed E-state index contributed by atoms with van der Waals surface area (Å²) < 4.78 is 0. The van der Waals surface area contributed by atoms with E-state index in [9.17, 15) is 9.59 Å². The van der Waals surface area contributed by atoms with Crippen LogP contribution >= 0.6 is 0 Å². The van der Waals surface area contributed by atoms with E-state index < -0.39 is 0 Å². The minimum absolute atomic E-state index is 0.0210. The van der Waals surface area contributed by atoms with Gasteiger partial charge < -0.3 is 10.2 Å². The summed E-state index contributed by atoms with van der Waals surface area (Å²) in [6.45, 7) is 4.46. The molecule has 0 aliphatic carbocycles. The van der Waals surface area contributed by atoms with Crippen LogP contribution in [0.2, 0.25) is 0 Å². The highest BCUT2D eigenvalue weighted by molar-refractivity contribution is 6.07. The van der Waals surface area contributed by atoms with E-state index in [0.717, 1.165) is 18.5 Å². The number of carbonyl (C=O) groups excluding carboxylic acids is 2. The molecule has 5 nitrogen and oxygen atoms in total. The Bertz CT molecular complexity index is 771. The Morgan fingerprint density at radius 1 is 1.21 bits per heavy atom. The Balaban J connectivity index is 1.88. The third-order valence-electron chi connectivity index (χ3n) is 4.01. The maximum atomic E-state index is 12.9. The van der Waals surface area contributed by atoms with Crippen LogP contribution < -0.4 is 10.2 Å². The number of amides is 2. The molecule has 0 saturated heterocycles. The maximum absolute atomic E-state index is 12.9. The van der Waals surface area contributed by atoms with Crippen molar-refractivity contribution in [3.8, 4) is 0 Å². The average molecular weight is 323 g/mol. The molecule has 2 heterocycles. The second-order valence-electron chi connectivity index (χ2n) is 6.25. The first-order chi connectivity index (χ1) is 11.6. The van der Waals surface area contributed by atoms with Crippen molar-refractivity contribution in [3.63, 3.8) is 0 Å². The number of hydrogen-bond donors (Lipinski definition) is 1. The Hall–Kier alpha value is -2.69. The quantitative estimate of drug-likeness (QED) is 0.945. The minimum atomic E-state index is -0.265. The van der Waals surface area contributed by atoms with Crippen molar-refractivity contribution in [2.45, 2.75) is 32.7 Å². The van der Waals surface area contributed by atoms with Gasteiger partial charge in [-0.05, 0) is 50.5 Å². The summed E-state index contributed by atoms with van der Waals surface area (Å²) in [4.78, 5) is 30.9. The average Bonchev–Trinajstić information content (AvgIpc) is 2.60. The molecule has 0 atom stereocenters. The first-order valence-electron chi connectivity index (χ1n) is 8.23. The summed E-state index contributed by atoms with van der Waals surface area (Å²) in [7, 11) is 0. The molecule has 0 unspecified atom stereocenters. The first-order valence-corrected chi connectivity index (χ1v) is 8.23. The fourth-order valence-electron chi connectivity index (χ4n) is 2.92. The van der Waals surface area contributed by atoms with Crippen LogP contribution in [0.5, 0.6) is 0 Å². The van der Waals surface area contributed by atoms with Gasteiger partial charge in [-0.25, -0.2) is 0 Å². The van der Waals surface area contributed by atoms with Gasteiger partial charge in [0.15, 0.2) is 0 Å². The summed E-state index contributed by atoms with van der Waals surface area (Å²) in [5, 5.41) is 2.79. The number of hydrogen-bond acceptors (Lipinski definition) is 3. The lowest BCUT2D eigenvalue weighted by Gasteiger charge is -2.29. The number of pyridine rings is 1. The van der Waals surface area contributed by atoms with Crippen LogP contribution in [0.25, 0.3) is 0 Å². The molecule has 2 aromatic rings. The van der Waals surface area contributed by atoms with Crippen LogP contribution in [0.1, 0.15) is 46.7 Å². The van der Waals surface area contributed by atoms with E-state index in [-0.39, 0.29) is 23.6 Å². The second-order valence-corrected chi connectivity index (χ2v) is 6.25. The van der Waals surface area contributed by atoms with Gasteiger partial charge in [0.25, 0.3) is 11.8 Å². The number of aryl methyl sites for hydroxylation is 1. The molecule has 3 rings (SSSR count). The van der Waals surface area contributed by atoms with Crippen molar-refractivity contribution in [3.05, 3.63) is 59.4 Å². The van der Waals surface area contributed by atoms with Gasteiger partial charge in [-0.3, -0.25) is 14.6 Å². The van der Waals surface area contributed by atoms with E-state index in [0.29, 0.717) is 12.1 Å². The number of benzene rings is 1. The molecule has 5 heteroatoms. The zero-order valence-electron chi connectivity index (χ0n) is 14.0. The number of nitrogens with zero attached hydrogens (tertiary/aromatic N) is 2. The Kier molecular flexibility index (Phi) is 4.60. The van der Waals surface area contributed by atoms with Crippen molar-refractivity contribution in [2.24, 2.45) is 0 Å². The number of anilines is 1. The second kappa shape index (κ2) is 6.83. The molecular formula is C19H21N3O2. The van der Waals surface area contributed by atoms with Crippen LogP contribution in [0.3, 0.4) is 0 Å². The largest absolute Gasteiger partial charge is 0.349 e. The molecule has 0 bridgehead atoms. The Labute approximate surface area is 141 Å². The third kappa shape index (κ3) is 3.30. The molecule has 0 saturated carbocycles. The van der Waals surface area contributed by atoms with Crippen molar-refractivity contribution in [2.75, 3.05) is 11.4 Å². The number of nitrogens with one attached hydrogen (secondary N) is 1. The maximum Gasteiger partial charge on any atom is 0.270 e. The standard InChI is InChI=1S/C19H21N3O2/c1-13(2)21-18(23)16-12-15(9-10-20-16)19(24)22-11-5-7-14-6-3-4-8-17(14)22/h3-4,6,8-10,12-13H,5,7,11H2,1-2H3,(H,21,23). The van der Waals surface area contributed by atoms with Gasteiger partial charge in [0.1, 0.15) is 5.69 Å². The zero-order chi connectivity index (χ0) is 17.1. The molecule has 1 N–H and O–H groups in total. The molecule has 1 aliphatic rings. The number of rotatable bonds is 3. The summed E-state index contributed by atoms with van der Waals surface area (Å²) in [5.74, 6) is -0.359. The number of carbonyl (C=O) groups is 2. The zero-order valence-corrected chi connectivity index (χ0v) is 14.0. The van der Waals surface area contributed by atoms with Crippen LogP contribution in [-0.2, 0) is 6.42 Å². The van der Waals surface area contributed by atoms with Crippen LogP contribution in [0, 0.1) is 0 Å². The molecule has 0 fully saturated rings. The minimum Gasteiger partial charge on any atom is -0.349 e. The van der Waals surface area contributed by atoms with E-state index >= 15 is 0 Å². The normalized spacial score (nSPS) is 13.5. The van der Waals surface area contributed by atoms with Gasteiger partial charge in [-0.15, -0.1) is 0 Å². The fourth-order valence-corrected chi connectivity index (χ4v) is 2.92. The number of para-hydroxylation sites is 1. The van der Waals surface area contributed by atoms with Crippen molar-refractivity contribution < 1.29 is 9.59 Å². The molecule has 0 spiro atoms. The molecule has 0 radical (unpaired) electrons. The highest BCUT2D eigenvalue weighted by atomic mass is 16.2. The van der Waals surface area contributed by atoms with Gasteiger partial charge in [-0.1, -0.05) is 18.2 Å². The molecule has 24 heavy (non-hydrogen) atoms. The molecule has 2 amide bonds. The molecule has 124 valence electrons. The van der Waals surface area contributed by atoms with Crippen molar-refractivity contribution in [1.82, 2.24) is 10.3 Å². The topological polar surface area (TPSA) is 62.3 Å². The smallest absolute Gasteiger partial charge is 0.270 e. The van der Waals surface area contributed by atoms with E-state index in [1.165, 1.54) is 11.8 Å². The van der Waals surface area contributed by atoms with E-state index in [2.05, 4.69) is 16.4 Å². The highest BCUT2D eigenvalue weighted by Crippen LogP contribution is 2.28. The van der Waals surface area contributed by atoms with Crippen LogP contribution in [0.15, 0.2) is 42.6 Å². The lowest BCUT2D eigenvalue weighted by Crippen LogP contribution is -2.36. The number of aromatic nitrogens is 1. The van der Waals surface area contributed by atoms with Crippen LogP contribution in [0.4, 0.5) is 5.69 Å². The van der Waals surface area contributed by atoms with Gasteiger partial charge in [-0.2, -0.15) is 0 Å². The van der Waals surface area contributed by atoms with Crippen LogP contribution in [-0.4, -0.2) is 29.4 Å². The van der Waals surface area contributed by atoms with E-state index in [1.54, 1.807) is 17.0 Å². The summed E-state index contributed by atoms with van der Waals surface area (Å²) in [5.41, 5.74) is 2.89. The van der Waals surface area contributed by atoms with Crippen molar-refractivity contribution >= 4 is 17.5 Å². The number of fused-ring (bicyclic) bond motifs is 1. The van der Waals surface area contributed by atoms with Gasteiger partial charge in [0.05, 0.1) is 0 Å². The van der Waals surface area contributed by atoms with E-state index in [1.807, 2.05) is 32.0 Å². The lowest BCUT2D eigenvalue weighted by atomic mass is 10.0. The molecule has 1 aromatic heterocycles. The lowest BCUT2D eigenvalue weighted by molar-refractivity contribution is 0.0938. The molecular weight excluding hydrogens is 302 g/mol. The Morgan fingerprint density at radius 3 is 2.79 bits per heavy atom. The fraction of sp³-hybridized carbons (Fsp3) is 0.316. The Morgan fingerprint density at radius 2 is 2.00 bits per heavy atom.